The molecule has 0 spiro atoms. The van der Waals surface area contributed by atoms with Gasteiger partial charge in [-0.2, -0.15) is 0 Å². The number of alkyl halides is 1. The summed E-state index contributed by atoms with van der Waals surface area (Å²) in [7, 11) is 0. The molecule has 0 aliphatic heterocycles. The van der Waals surface area contributed by atoms with Gasteiger partial charge < -0.3 is 5.11 Å². The molecule has 0 saturated carbocycles. The van der Waals surface area contributed by atoms with E-state index in [2.05, 4.69) is 4.98 Å². The number of halogens is 1. The molecule has 0 amide bonds. The zero-order chi connectivity index (χ0) is 10.9. The topological polar surface area (TPSA) is 33.1 Å². The summed E-state index contributed by atoms with van der Waals surface area (Å²) in [6, 6.07) is 13.2. The van der Waals surface area contributed by atoms with Gasteiger partial charge in [0.05, 0.1) is 6.20 Å². The van der Waals surface area contributed by atoms with E-state index in [1.54, 1.807) is 18.3 Å². The first-order valence-electron chi connectivity index (χ1n) is 4.52. The van der Waals surface area contributed by atoms with Crippen molar-refractivity contribution >= 4 is 11.6 Å². The highest BCUT2D eigenvalue weighted by Gasteiger charge is 1.81. The van der Waals surface area contributed by atoms with Crippen LogP contribution in [0.4, 0.5) is 0 Å². The number of benzene rings is 1. The first kappa shape index (κ1) is 11.5. The first-order chi connectivity index (χ1) is 7.33. The fraction of sp³-hybridized carbons (Fsp3) is 0.0833. The Bertz CT molecular complexity index is 364. The Balaban J connectivity index is 0.000000151. The van der Waals surface area contributed by atoms with Crippen LogP contribution in [0.5, 0.6) is 5.75 Å². The minimum Gasteiger partial charge on any atom is -0.506 e. The van der Waals surface area contributed by atoms with E-state index in [1.165, 1.54) is 11.8 Å². The van der Waals surface area contributed by atoms with Gasteiger partial charge in [-0.1, -0.05) is 30.3 Å². The van der Waals surface area contributed by atoms with Gasteiger partial charge in [0.1, 0.15) is 5.75 Å². The van der Waals surface area contributed by atoms with E-state index < -0.39 is 0 Å². The molecule has 1 heterocycles. The van der Waals surface area contributed by atoms with E-state index >= 15 is 0 Å². The summed E-state index contributed by atoms with van der Waals surface area (Å²) in [4.78, 5) is 3.63. The Hall–Kier alpha value is -1.54. The number of hydrogen-bond donors (Lipinski definition) is 1. The fourth-order valence-corrected chi connectivity index (χ4v) is 1.10. The predicted molar refractivity (Wildman–Crippen MR) is 61.9 cm³/mol. The lowest BCUT2D eigenvalue weighted by Gasteiger charge is -1.88. The van der Waals surface area contributed by atoms with Gasteiger partial charge >= 0.3 is 0 Å². The second-order valence-corrected chi connectivity index (χ2v) is 3.10. The van der Waals surface area contributed by atoms with Crippen LogP contribution in [0.25, 0.3) is 0 Å². The first-order valence-corrected chi connectivity index (χ1v) is 5.05. The molecule has 0 aliphatic carbocycles. The zero-order valence-electron chi connectivity index (χ0n) is 8.18. The van der Waals surface area contributed by atoms with Crippen molar-refractivity contribution in [2.24, 2.45) is 0 Å². The molecule has 2 nitrogen and oxygen atoms in total. The largest absolute Gasteiger partial charge is 0.506 e. The molecule has 3 heteroatoms. The Morgan fingerprint density at radius 2 is 1.80 bits per heavy atom. The summed E-state index contributed by atoms with van der Waals surface area (Å²) < 4.78 is 0. The maximum Gasteiger partial charge on any atom is 0.133 e. The number of rotatable bonds is 1. The van der Waals surface area contributed by atoms with Gasteiger partial charge in [-0.3, -0.25) is 4.98 Å². The third-order valence-corrected chi connectivity index (χ3v) is 1.95. The SMILES string of the molecule is ClCc1ccccc1.Oc1cccnc1. The average Bonchev–Trinajstić information content (AvgIpc) is 2.32. The van der Waals surface area contributed by atoms with Crippen molar-refractivity contribution in [2.75, 3.05) is 0 Å². The number of aromatic hydroxyl groups is 1. The van der Waals surface area contributed by atoms with Crippen LogP contribution in [-0.2, 0) is 5.88 Å². The van der Waals surface area contributed by atoms with E-state index in [1.807, 2.05) is 30.3 Å². The highest BCUT2D eigenvalue weighted by atomic mass is 35.5. The summed E-state index contributed by atoms with van der Waals surface area (Å²) in [5.41, 5.74) is 1.18. The normalized spacial score (nSPS) is 8.87. The summed E-state index contributed by atoms with van der Waals surface area (Å²) in [6.45, 7) is 0. The zero-order valence-corrected chi connectivity index (χ0v) is 8.93. The molecule has 2 rings (SSSR count). The molecule has 1 aromatic heterocycles. The summed E-state index contributed by atoms with van der Waals surface area (Å²) in [5, 5.41) is 8.57. The van der Waals surface area contributed by atoms with Crippen molar-refractivity contribution < 1.29 is 5.11 Å². The molecule has 15 heavy (non-hydrogen) atoms. The smallest absolute Gasteiger partial charge is 0.133 e. The Labute approximate surface area is 94.2 Å². The Morgan fingerprint density at radius 3 is 2.13 bits per heavy atom. The summed E-state index contributed by atoms with van der Waals surface area (Å²) >= 11 is 5.53. The molecule has 0 fully saturated rings. The standard InChI is InChI=1S/C7H7Cl.C5H5NO/c8-6-7-4-2-1-3-5-7;7-5-2-1-3-6-4-5/h1-5H,6H2;1-4,7H. The van der Waals surface area contributed by atoms with Crippen LogP contribution < -0.4 is 0 Å². The van der Waals surface area contributed by atoms with E-state index in [0.29, 0.717) is 5.88 Å². The lowest BCUT2D eigenvalue weighted by atomic mass is 10.2. The van der Waals surface area contributed by atoms with Crippen LogP contribution in [0, 0.1) is 0 Å². The maximum absolute atomic E-state index is 8.57. The number of aromatic nitrogens is 1. The summed E-state index contributed by atoms with van der Waals surface area (Å²) in [6.07, 6.45) is 3.00. The van der Waals surface area contributed by atoms with E-state index in [0.717, 1.165) is 0 Å². The lowest BCUT2D eigenvalue weighted by molar-refractivity contribution is 0.472. The monoisotopic (exact) mass is 221 g/mol. The minimum absolute atomic E-state index is 0.211. The quantitative estimate of drug-likeness (QED) is 0.751. The van der Waals surface area contributed by atoms with Crippen molar-refractivity contribution in [3.63, 3.8) is 0 Å². The molecule has 0 saturated heterocycles. The van der Waals surface area contributed by atoms with Crippen LogP contribution in [0.2, 0.25) is 0 Å². The summed E-state index contributed by atoms with van der Waals surface area (Å²) in [5.74, 6) is 0.823. The molecule has 1 aromatic carbocycles. The van der Waals surface area contributed by atoms with Crippen molar-refractivity contribution in [3.05, 3.63) is 60.4 Å². The van der Waals surface area contributed by atoms with Crippen LogP contribution in [0.3, 0.4) is 0 Å². The molecule has 2 aromatic rings. The van der Waals surface area contributed by atoms with Gasteiger partial charge in [0.25, 0.3) is 0 Å². The van der Waals surface area contributed by atoms with Crippen molar-refractivity contribution in [2.45, 2.75) is 5.88 Å². The third kappa shape index (κ3) is 5.03. The number of nitrogens with zero attached hydrogens (tertiary/aromatic N) is 1. The van der Waals surface area contributed by atoms with Crippen LogP contribution in [0.1, 0.15) is 5.56 Å². The van der Waals surface area contributed by atoms with Crippen molar-refractivity contribution in [1.82, 2.24) is 4.98 Å². The molecule has 0 bridgehead atoms. The molecule has 0 radical (unpaired) electrons. The highest BCUT2D eigenvalue weighted by Crippen LogP contribution is 2.00. The Kier molecular flexibility index (Phi) is 5.26. The number of hydrogen-bond acceptors (Lipinski definition) is 2. The number of pyridine rings is 1. The van der Waals surface area contributed by atoms with Gasteiger partial charge in [-0.25, -0.2) is 0 Å². The second kappa shape index (κ2) is 6.85. The van der Waals surface area contributed by atoms with Gasteiger partial charge in [-0.05, 0) is 17.7 Å². The Morgan fingerprint density at radius 1 is 1.07 bits per heavy atom. The predicted octanol–water partition coefficient (Wildman–Crippen LogP) is 3.21. The maximum atomic E-state index is 8.57. The van der Waals surface area contributed by atoms with Crippen LogP contribution in [-0.4, -0.2) is 10.1 Å². The van der Waals surface area contributed by atoms with Gasteiger partial charge in [0, 0.05) is 12.1 Å². The van der Waals surface area contributed by atoms with Gasteiger partial charge in [0.15, 0.2) is 0 Å². The van der Waals surface area contributed by atoms with Crippen LogP contribution in [0.15, 0.2) is 54.9 Å². The second-order valence-electron chi connectivity index (χ2n) is 2.83. The fourth-order valence-electron chi connectivity index (χ4n) is 0.921. The average molecular weight is 222 g/mol. The van der Waals surface area contributed by atoms with Crippen molar-refractivity contribution in [3.8, 4) is 5.75 Å². The van der Waals surface area contributed by atoms with Gasteiger partial charge in [0.2, 0.25) is 0 Å². The molecule has 0 unspecified atom stereocenters. The molecule has 1 N–H and O–H groups in total. The lowest BCUT2D eigenvalue weighted by Crippen LogP contribution is -1.71. The van der Waals surface area contributed by atoms with E-state index in [4.69, 9.17) is 16.7 Å². The molecule has 0 aliphatic rings. The molecule has 0 atom stereocenters. The molecular formula is C12H12ClNO. The van der Waals surface area contributed by atoms with Crippen LogP contribution >= 0.6 is 11.6 Å². The van der Waals surface area contributed by atoms with E-state index in [9.17, 15) is 0 Å². The van der Waals surface area contributed by atoms with Gasteiger partial charge in [-0.15, -0.1) is 11.6 Å². The molecular weight excluding hydrogens is 210 g/mol. The highest BCUT2D eigenvalue weighted by molar-refractivity contribution is 6.17. The third-order valence-electron chi connectivity index (χ3n) is 1.64. The molecule has 78 valence electrons. The minimum atomic E-state index is 0.211. The van der Waals surface area contributed by atoms with Crippen molar-refractivity contribution in [1.29, 1.82) is 0 Å². The van der Waals surface area contributed by atoms with E-state index in [-0.39, 0.29) is 5.75 Å².